The topological polar surface area (TPSA) is 63.6 Å². The molecule has 4 nitrogen and oxygen atoms in total. The summed E-state index contributed by atoms with van der Waals surface area (Å²) in [5, 5.41) is 8.53. The lowest BCUT2D eigenvalue weighted by Gasteiger charge is -1.96. The SMILES string of the molecule is C1CC1.C1CC1.COC(=O)CCc1ccc(CCC(=O)O)s1. The van der Waals surface area contributed by atoms with Gasteiger partial charge in [-0.25, -0.2) is 0 Å². The first-order chi connectivity index (χ1) is 10.6. The Morgan fingerprint density at radius 2 is 1.45 bits per heavy atom. The molecule has 2 saturated carbocycles. The van der Waals surface area contributed by atoms with Crippen LogP contribution in [0.4, 0.5) is 0 Å². The Kier molecular flexibility index (Phi) is 9.55. The first-order valence-corrected chi connectivity index (χ1v) is 8.79. The van der Waals surface area contributed by atoms with Crippen molar-refractivity contribution in [2.24, 2.45) is 0 Å². The van der Waals surface area contributed by atoms with Crippen molar-refractivity contribution in [2.45, 2.75) is 64.2 Å². The molecule has 0 unspecified atom stereocenters. The monoisotopic (exact) mass is 326 g/mol. The third-order valence-corrected chi connectivity index (χ3v) is 4.02. The molecule has 1 aromatic rings. The normalized spacial score (nSPS) is 13.9. The Balaban J connectivity index is 0.000000328. The summed E-state index contributed by atoms with van der Waals surface area (Å²) in [6, 6.07) is 3.85. The molecule has 1 N–H and O–H groups in total. The van der Waals surface area contributed by atoms with E-state index in [2.05, 4.69) is 4.74 Å². The van der Waals surface area contributed by atoms with Gasteiger partial charge in [0.2, 0.25) is 0 Å². The van der Waals surface area contributed by atoms with Crippen molar-refractivity contribution < 1.29 is 19.4 Å². The molecule has 0 aliphatic heterocycles. The first-order valence-electron chi connectivity index (χ1n) is 7.98. The molecule has 0 spiro atoms. The average Bonchev–Trinajstić information content (AvgIpc) is 3.38. The van der Waals surface area contributed by atoms with Crippen molar-refractivity contribution >= 4 is 23.3 Å². The standard InChI is InChI=1S/C11H14O4S.2C3H6/c1-15-11(14)7-5-9-3-2-8(16-9)4-6-10(12)13;2*1-2-3-1/h2-3H,4-7H2,1H3,(H,12,13);2*1-3H2. The summed E-state index contributed by atoms with van der Waals surface area (Å²) in [5.74, 6) is -1.01. The second-order valence-electron chi connectivity index (χ2n) is 5.46. The van der Waals surface area contributed by atoms with Gasteiger partial charge in [-0.05, 0) is 25.0 Å². The number of hydrogen-bond donors (Lipinski definition) is 1. The number of methoxy groups -OCH3 is 1. The molecule has 3 rings (SSSR count). The Hall–Kier alpha value is -1.36. The molecular weight excluding hydrogens is 300 g/mol. The minimum absolute atomic E-state index is 0.150. The second kappa shape index (κ2) is 11.2. The van der Waals surface area contributed by atoms with Crippen molar-refractivity contribution in [3.63, 3.8) is 0 Å². The van der Waals surface area contributed by atoms with Crippen LogP contribution in [-0.2, 0) is 27.2 Å². The van der Waals surface area contributed by atoms with Crippen LogP contribution < -0.4 is 0 Å². The third kappa shape index (κ3) is 12.4. The lowest BCUT2D eigenvalue weighted by atomic mass is 10.2. The van der Waals surface area contributed by atoms with Gasteiger partial charge in [0, 0.05) is 9.75 Å². The van der Waals surface area contributed by atoms with Gasteiger partial charge < -0.3 is 9.84 Å². The van der Waals surface area contributed by atoms with E-state index in [0.717, 1.165) is 9.75 Å². The maximum atomic E-state index is 10.9. The minimum atomic E-state index is -0.787. The minimum Gasteiger partial charge on any atom is -0.481 e. The fraction of sp³-hybridized carbons (Fsp3) is 0.647. The van der Waals surface area contributed by atoms with Crippen LogP contribution in [0, 0.1) is 0 Å². The van der Waals surface area contributed by atoms with Gasteiger partial charge in [0.25, 0.3) is 0 Å². The number of carboxylic acids is 1. The highest BCUT2D eigenvalue weighted by Gasteiger charge is 2.05. The number of thiophene rings is 1. The van der Waals surface area contributed by atoms with Crippen molar-refractivity contribution in [1.29, 1.82) is 0 Å². The van der Waals surface area contributed by atoms with Gasteiger partial charge in [-0.1, -0.05) is 38.5 Å². The molecule has 0 aromatic carbocycles. The molecule has 2 aliphatic rings. The van der Waals surface area contributed by atoms with Crippen molar-refractivity contribution in [3.8, 4) is 0 Å². The van der Waals surface area contributed by atoms with Gasteiger partial charge >= 0.3 is 11.9 Å². The number of rotatable bonds is 6. The predicted octanol–water partition coefficient (Wildman–Crippen LogP) is 4.21. The van der Waals surface area contributed by atoms with Gasteiger partial charge in [0.15, 0.2) is 0 Å². The van der Waals surface area contributed by atoms with Crippen molar-refractivity contribution in [1.82, 2.24) is 0 Å². The number of carbonyl (C=O) groups excluding carboxylic acids is 1. The smallest absolute Gasteiger partial charge is 0.305 e. The van der Waals surface area contributed by atoms with Gasteiger partial charge in [0.1, 0.15) is 0 Å². The number of ether oxygens (including phenoxy) is 1. The van der Waals surface area contributed by atoms with E-state index in [1.54, 1.807) is 11.3 Å². The molecule has 124 valence electrons. The van der Waals surface area contributed by atoms with Gasteiger partial charge in [-0.15, -0.1) is 11.3 Å². The van der Waals surface area contributed by atoms with E-state index in [0.29, 0.717) is 19.3 Å². The lowest BCUT2D eigenvalue weighted by molar-refractivity contribution is -0.140. The summed E-state index contributed by atoms with van der Waals surface area (Å²) < 4.78 is 4.55. The van der Waals surface area contributed by atoms with Crippen LogP contribution in [0.1, 0.15) is 61.1 Å². The molecule has 0 amide bonds. The van der Waals surface area contributed by atoms with Crippen LogP contribution >= 0.6 is 11.3 Å². The van der Waals surface area contributed by atoms with Gasteiger partial charge in [0.05, 0.1) is 20.0 Å². The highest BCUT2D eigenvalue weighted by atomic mass is 32.1. The van der Waals surface area contributed by atoms with E-state index in [-0.39, 0.29) is 12.4 Å². The van der Waals surface area contributed by atoms with Crippen molar-refractivity contribution in [2.75, 3.05) is 7.11 Å². The molecule has 0 radical (unpaired) electrons. The number of esters is 1. The second-order valence-corrected chi connectivity index (χ2v) is 6.71. The summed E-state index contributed by atoms with van der Waals surface area (Å²) in [5.41, 5.74) is 0. The highest BCUT2D eigenvalue weighted by molar-refractivity contribution is 7.12. The Bertz CT molecular complexity index is 438. The number of hydrogen-bond acceptors (Lipinski definition) is 4. The summed E-state index contributed by atoms with van der Waals surface area (Å²) in [6.45, 7) is 0. The summed E-state index contributed by atoms with van der Waals surface area (Å²) in [6.07, 6.45) is 10.7. The number of carbonyl (C=O) groups is 2. The lowest BCUT2D eigenvalue weighted by Crippen LogP contribution is -2.00. The first kappa shape index (κ1) is 18.7. The quantitative estimate of drug-likeness (QED) is 0.795. The van der Waals surface area contributed by atoms with E-state index < -0.39 is 5.97 Å². The third-order valence-electron chi connectivity index (χ3n) is 2.81. The van der Waals surface area contributed by atoms with Crippen molar-refractivity contribution in [3.05, 3.63) is 21.9 Å². The van der Waals surface area contributed by atoms with E-state index in [1.165, 1.54) is 45.6 Å². The Morgan fingerprint density at radius 1 is 1.00 bits per heavy atom. The maximum absolute atomic E-state index is 10.9. The number of aliphatic carboxylic acids is 1. The van der Waals surface area contributed by atoms with E-state index in [4.69, 9.17) is 5.11 Å². The molecule has 1 aromatic heterocycles. The molecule has 1 heterocycles. The average molecular weight is 326 g/mol. The summed E-state index contributed by atoms with van der Waals surface area (Å²) in [4.78, 5) is 23.4. The maximum Gasteiger partial charge on any atom is 0.305 e. The van der Waals surface area contributed by atoms with E-state index in [9.17, 15) is 9.59 Å². The fourth-order valence-corrected chi connectivity index (χ4v) is 2.27. The number of carboxylic acid groups (broad SMARTS) is 1. The molecular formula is C17H26O4S. The zero-order valence-electron chi connectivity index (χ0n) is 13.3. The number of aryl methyl sites for hydroxylation is 2. The molecule has 22 heavy (non-hydrogen) atoms. The van der Waals surface area contributed by atoms with Gasteiger partial charge in [-0.2, -0.15) is 0 Å². The van der Waals surface area contributed by atoms with Crippen LogP contribution in [0.3, 0.4) is 0 Å². The van der Waals surface area contributed by atoms with Gasteiger partial charge in [-0.3, -0.25) is 9.59 Å². The fourth-order valence-electron chi connectivity index (χ4n) is 1.25. The zero-order chi connectivity index (χ0) is 16.2. The predicted molar refractivity (Wildman–Crippen MR) is 88.3 cm³/mol. The Labute approximate surface area is 136 Å². The molecule has 2 fully saturated rings. The van der Waals surface area contributed by atoms with Crippen LogP contribution in [0.25, 0.3) is 0 Å². The molecule has 0 atom stereocenters. The zero-order valence-corrected chi connectivity index (χ0v) is 14.1. The largest absolute Gasteiger partial charge is 0.481 e. The Morgan fingerprint density at radius 3 is 1.82 bits per heavy atom. The molecule has 0 saturated heterocycles. The van der Waals surface area contributed by atoms with E-state index in [1.807, 2.05) is 12.1 Å². The van der Waals surface area contributed by atoms with Crippen LogP contribution in [0.5, 0.6) is 0 Å². The van der Waals surface area contributed by atoms with Crippen LogP contribution in [0.15, 0.2) is 12.1 Å². The van der Waals surface area contributed by atoms with Crippen LogP contribution in [0.2, 0.25) is 0 Å². The molecule has 0 bridgehead atoms. The highest BCUT2D eigenvalue weighted by Crippen LogP contribution is 2.19. The molecule has 5 heteroatoms. The summed E-state index contributed by atoms with van der Waals surface area (Å²) >= 11 is 1.56. The summed E-state index contributed by atoms with van der Waals surface area (Å²) in [7, 11) is 1.37. The van der Waals surface area contributed by atoms with Crippen LogP contribution in [-0.4, -0.2) is 24.2 Å². The molecule has 2 aliphatic carbocycles. The van der Waals surface area contributed by atoms with E-state index >= 15 is 0 Å².